The molecule has 0 bridgehead atoms. The molecule has 0 saturated carbocycles. The number of aryl methyl sites for hydroxylation is 3. The van der Waals surface area contributed by atoms with Crippen molar-refractivity contribution in [3.05, 3.63) is 193 Å². The molecule has 8 heteroatoms. The van der Waals surface area contributed by atoms with Gasteiger partial charge >= 0.3 is 0 Å². The second kappa shape index (κ2) is 25.5. The molecule has 8 rings (SSSR count). The van der Waals surface area contributed by atoms with Gasteiger partial charge in [0.25, 0.3) is 0 Å². The summed E-state index contributed by atoms with van der Waals surface area (Å²) >= 11 is 0. The number of anilines is 6. The standard InChI is InChI=1S/C69H82N4O4/c1-51-20-32-57(33-21-51)70(58-34-22-52(23-35-58)18-14-12-16-46-72(2,3)4)60-40-28-55(29-41-60)65-49-69(77-11)66(50-68(65)76-10)56-30-42-62(43-31-56)71(59-36-24-53(25-37-59)19-15-13-17-47-73(5,6)7)61-38-26-54(27-39-61)64-48-63(74-8)44-45-67(64)75-9/h20-45,48-50H,12-19,46-47H2,1-11H3/q+2. The summed E-state index contributed by atoms with van der Waals surface area (Å²) in [5.41, 5.74) is 16.4. The third-order valence-electron chi connectivity index (χ3n) is 14.5. The quantitative estimate of drug-likeness (QED) is 0.0420. The maximum absolute atomic E-state index is 6.18. The number of benzene rings is 8. The van der Waals surface area contributed by atoms with E-state index in [4.69, 9.17) is 18.9 Å². The number of quaternary nitrogens is 2. The topological polar surface area (TPSA) is 43.4 Å². The first-order valence-corrected chi connectivity index (χ1v) is 27.4. The molecule has 77 heavy (non-hydrogen) atoms. The second-order valence-corrected chi connectivity index (χ2v) is 22.4. The first-order chi connectivity index (χ1) is 37.1. The van der Waals surface area contributed by atoms with Gasteiger partial charge in [-0.1, -0.05) is 78.4 Å². The van der Waals surface area contributed by atoms with Crippen LogP contribution in [0.4, 0.5) is 34.1 Å². The zero-order valence-corrected chi connectivity index (χ0v) is 47.7. The van der Waals surface area contributed by atoms with Crippen LogP contribution < -0.4 is 28.7 Å². The van der Waals surface area contributed by atoms with Gasteiger partial charge in [-0.25, -0.2) is 0 Å². The van der Waals surface area contributed by atoms with E-state index in [1.807, 2.05) is 18.2 Å². The van der Waals surface area contributed by atoms with E-state index >= 15 is 0 Å². The molecular weight excluding hydrogens is 949 g/mol. The molecule has 8 nitrogen and oxygen atoms in total. The Hall–Kier alpha value is -7.52. The lowest BCUT2D eigenvalue weighted by Gasteiger charge is -2.26. The first-order valence-electron chi connectivity index (χ1n) is 27.4. The van der Waals surface area contributed by atoms with Gasteiger partial charge in [0.2, 0.25) is 0 Å². The third-order valence-corrected chi connectivity index (χ3v) is 14.5. The number of ether oxygens (including phenoxy) is 4. The van der Waals surface area contributed by atoms with Crippen molar-refractivity contribution >= 4 is 34.1 Å². The van der Waals surface area contributed by atoms with Crippen LogP contribution in [0.5, 0.6) is 23.0 Å². The minimum atomic E-state index is 0.765. The molecule has 0 amide bonds. The number of hydrogen-bond donors (Lipinski definition) is 0. The molecular formula is C69H82N4O4+2. The van der Waals surface area contributed by atoms with Gasteiger partial charge < -0.3 is 37.7 Å². The van der Waals surface area contributed by atoms with Crippen LogP contribution >= 0.6 is 0 Å². The number of rotatable bonds is 25. The van der Waals surface area contributed by atoms with Crippen molar-refractivity contribution < 1.29 is 27.9 Å². The Morgan fingerprint density at radius 2 is 0.649 bits per heavy atom. The molecule has 0 unspecified atom stereocenters. The van der Waals surface area contributed by atoms with Crippen LogP contribution in [0.15, 0.2) is 176 Å². The van der Waals surface area contributed by atoms with Crippen LogP contribution in [-0.4, -0.2) is 92.8 Å². The molecule has 8 aromatic rings. The smallest absolute Gasteiger partial charge is 0.127 e. The molecule has 0 atom stereocenters. The van der Waals surface area contributed by atoms with Gasteiger partial charge in [0.1, 0.15) is 23.0 Å². The van der Waals surface area contributed by atoms with Gasteiger partial charge in [-0.15, -0.1) is 0 Å². The molecule has 8 aromatic carbocycles. The van der Waals surface area contributed by atoms with Crippen molar-refractivity contribution in [1.29, 1.82) is 0 Å². The van der Waals surface area contributed by atoms with Crippen LogP contribution in [0.2, 0.25) is 0 Å². The van der Waals surface area contributed by atoms with Gasteiger partial charge in [0, 0.05) is 50.8 Å². The van der Waals surface area contributed by atoms with E-state index in [1.54, 1.807) is 28.4 Å². The van der Waals surface area contributed by atoms with E-state index < -0.39 is 0 Å². The molecule has 0 aliphatic heterocycles. The minimum Gasteiger partial charge on any atom is -0.497 e. The molecule has 0 aromatic heterocycles. The fourth-order valence-corrected chi connectivity index (χ4v) is 10.2. The maximum atomic E-state index is 6.18. The normalized spacial score (nSPS) is 11.6. The molecule has 0 heterocycles. The fourth-order valence-electron chi connectivity index (χ4n) is 10.2. The number of unbranched alkanes of at least 4 members (excludes halogenated alkanes) is 4. The highest BCUT2D eigenvalue weighted by molar-refractivity contribution is 5.85. The van der Waals surface area contributed by atoms with Crippen LogP contribution in [0.3, 0.4) is 0 Å². The highest BCUT2D eigenvalue weighted by atomic mass is 16.5. The molecule has 0 saturated heterocycles. The van der Waals surface area contributed by atoms with Crippen LogP contribution in [0.25, 0.3) is 33.4 Å². The Bertz CT molecular complexity index is 3120. The number of hydrogen-bond acceptors (Lipinski definition) is 6. The van der Waals surface area contributed by atoms with Gasteiger partial charge in [0.15, 0.2) is 0 Å². The van der Waals surface area contributed by atoms with E-state index in [9.17, 15) is 0 Å². The minimum absolute atomic E-state index is 0.765. The van der Waals surface area contributed by atoms with Gasteiger partial charge in [-0.2, -0.15) is 0 Å². The lowest BCUT2D eigenvalue weighted by atomic mass is 9.97. The van der Waals surface area contributed by atoms with Crippen molar-refractivity contribution in [2.75, 3.05) is 93.6 Å². The average Bonchev–Trinajstić information content (AvgIpc) is 3.44. The Labute approximate surface area is 460 Å². The van der Waals surface area contributed by atoms with Crippen LogP contribution in [-0.2, 0) is 12.8 Å². The lowest BCUT2D eigenvalue weighted by molar-refractivity contribution is -0.870. The van der Waals surface area contributed by atoms with Crippen molar-refractivity contribution in [3.63, 3.8) is 0 Å². The van der Waals surface area contributed by atoms with Gasteiger partial charge in [-0.3, -0.25) is 0 Å². The zero-order valence-electron chi connectivity index (χ0n) is 47.7. The summed E-state index contributed by atoms with van der Waals surface area (Å²) in [5.74, 6) is 3.11. The summed E-state index contributed by atoms with van der Waals surface area (Å²) in [4.78, 5) is 4.65. The van der Waals surface area contributed by atoms with Crippen LogP contribution in [0.1, 0.15) is 55.2 Å². The molecule has 0 aliphatic rings. The Morgan fingerprint density at radius 1 is 0.325 bits per heavy atom. The summed E-state index contributed by atoms with van der Waals surface area (Å²) in [6.07, 6.45) is 9.52. The Morgan fingerprint density at radius 3 is 0.974 bits per heavy atom. The second-order valence-electron chi connectivity index (χ2n) is 22.4. The summed E-state index contributed by atoms with van der Waals surface area (Å²) in [6.45, 7) is 4.54. The highest BCUT2D eigenvalue weighted by Gasteiger charge is 2.20. The first kappa shape index (κ1) is 55.7. The van der Waals surface area contributed by atoms with Crippen LogP contribution in [0, 0.1) is 6.92 Å². The lowest BCUT2D eigenvalue weighted by Crippen LogP contribution is -2.35. The molecule has 0 fully saturated rings. The third kappa shape index (κ3) is 14.7. The molecule has 0 aliphatic carbocycles. The van der Waals surface area contributed by atoms with Crippen molar-refractivity contribution in [2.45, 2.75) is 58.3 Å². The highest BCUT2D eigenvalue weighted by Crippen LogP contribution is 2.44. The number of methoxy groups -OCH3 is 4. The van der Waals surface area contributed by atoms with Crippen molar-refractivity contribution in [2.24, 2.45) is 0 Å². The maximum Gasteiger partial charge on any atom is 0.127 e. The Balaban J connectivity index is 1.06. The molecule has 0 spiro atoms. The zero-order chi connectivity index (χ0) is 54.5. The predicted molar refractivity (Wildman–Crippen MR) is 324 cm³/mol. The SMILES string of the molecule is COc1ccc(OC)c(-c2ccc(N(c3ccc(CCCCC[N+](C)(C)C)cc3)c3ccc(-c4cc(OC)c(-c5ccc(N(c6ccc(C)cc6)c6ccc(CCCCC[N+](C)(C)C)cc6)cc5)cc4OC)cc3)cc2)c1. The molecule has 0 N–H and O–H groups in total. The van der Waals surface area contributed by atoms with E-state index in [-0.39, 0.29) is 0 Å². The van der Waals surface area contributed by atoms with Crippen molar-refractivity contribution in [3.8, 4) is 56.4 Å². The molecule has 400 valence electrons. The van der Waals surface area contributed by atoms with E-state index in [0.29, 0.717) is 0 Å². The summed E-state index contributed by atoms with van der Waals surface area (Å²) in [5, 5.41) is 0. The summed E-state index contributed by atoms with van der Waals surface area (Å²) in [6, 6.07) is 63.2. The largest absolute Gasteiger partial charge is 0.497 e. The average molecular weight is 1030 g/mol. The number of nitrogens with zero attached hydrogens (tertiary/aromatic N) is 4. The van der Waals surface area contributed by atoms with Gasteiger partial charge in [0.05, 0.1) is 83.8 Å². The van der Waals surface area contributed by atoms with Crippen molar-refractivity contribution in [1.82, 2.24) is 0 Å². The van der Waals surface area contributed by atoms with Gasteiger partial charge in [-0.05, 0) is 189 Å². The summed E-state index contributed by atoms with van der Waals surface area (Å²) in [7, 11) is 20.5. The Kier molecular flexibility index (Phi) is 18.5. The monoisotopic (exact) mass is 1030 g/mol. The fraction of sp³-hybridized carbons (Fsp3) is 0.304. The molecule has 0 radical (unpaired) electrons. The summed E-state index contributed by atoms with van der Waals surface area (Å²) < 4.78 is 25.7. The van der Waals surface area contributed by atoms with E-state index in [2.05, 4.69) is 217 Å². The van der Waals surface area contributed by atoms with E-state index in [0.717, 1.165) is 112 Å². The predicted octanol–water partition coefficient (Wildman–Crippen LogP) is 16.8. The van der Waals surface area contributed by atoms with E-state index in [1.165, 1.54) is 68.3 Å².